The number of hydrogen-bond donors (Lipinski definition) is 2. The summed E-state index contributed by atoms with van der Waals surface area (Å²) >= 11 is 0. The highest BCUT2D eigenvalue weighted by molar-refractivity contribution is 6.08. The molecule has 154 valence electrons. The monoisotopic (exact) mass is 399 g/mol. The normalized spacial score (nSPS) is 22.0. The number of carboxylic acid groups (broad SMARTS) is 1. The third-order valence-corrected chi connectivity index (χ3v) is 5.31. The number of rotatable bonds is 7. The number of aliphatic carboxylic acids is 1. The van der Waals surface area contributed by atoms with Crippen molar-refractivity contribution in [3.8, 4) is 11.8 Å². The van der Waals surface area contributed by atoms with E-state index in [1.54, 1.807) is 24.3 Å². The molecule has 3 rings (SSSR count). The third kappa shape index (κ3) is 5.05. The molecular formula is C21H25N3O5. The lowest BCUT2D eigenvalue weighted by Gasteiger charge is -2.27. The highest BCUT2D eigenvalue weighted by Crippen LogP contribution is 2.34. The van der Waals surface area contributed by atoms with Gasteiger partial charge in [0, 0.05) is 18.0 Å². The minimum absolute atomic E-state index is 0.0186. The zero-order valence-electron chi connectivity index (χ0n) is 16.2. The Morgan fingerprint density at radius 2 is 2.00 bits per heavy atom. The third-order valence-electron chi connectivity index (χ3n) is 5.31. The van der Waals surface area contributed by atoms with Crippen LogP contribution in [-0.4, -0.2) is 40.9 Å². The van der Waals surface area contributed by atoms with Gasteiger partial charge in [-0.15, -0.1) is 0 Å². The van der Waals surface area contributed by atoms with E-state index in [0.717, 1.165) is 38.5 Å². The zero-order valence-corrected chi connectivity index (χ0v) is 16.2. The molecule has 1 heterocycles. The minimum Gasteiger partial charge on any atom is -0.481 e. The molecule has 0 saturated heterocycles. The van der Waals surface area contributed by atoms with E-state index in [0.29, 0.717) is 17.0 Å². The average molecular weight is 399 g/mol. The van der Waals surface area contributed by atoms with E-state index in [4.69, 9.17) is 14.8 Å². The van der Waals surface area contributed by atoms with Gasteiger partial charge in [0.2, 0.25) is 5.60 Å². The minimum atomic E-state index is -1.59. The van der Waals surface area contributed by atoms with Crippen molar-refractivity contribution in [2.24, 2.45) is 5.16 Å². The molecule has 0 radical (unpaired) electrons. The number of benzene rings is 1. The molecule has 1 aromatic carbocycles. The van der Waals surface area contributed by atoms with E-state index in [2.05, 4.69) is 10.5 Å². The van der Waals surface area contributed by atoms with Gasteiger partial charge in [0.15, 0.2) is 6.61 Å². The van der Waals surface area contributed by atoms with Crippen LogP contribution < -0.4 is 10.1 Å². The molecule has 0 aromatic heterocycles. The van der Waals surface area contributed by atoms with Gasteiger partial charge in [-0.3, -0.25) is 9.59 Å². The number of oxime groups is 1. The maximum absolute atomic E-state index is 13.1. The molecule has 8 heteroatoms. The van der Waals surface area contributed by atoms with Crippen molar-refractivity contribution < 1.29 is 24.3 Å². The van der Waals surface area contributed by atoms with Crippen molar-refractivity contribution in [2.45, 2.75) is 63.0 Å². The first kappa shape index (κ1) is 20.6. The fourth-order valence-corrected chi connectivity index (χ4v) is 3.84. The topological polar surface area (TPSA) is 121 Å². The molecule has 2 N–H and O–H groups in total. The van der Waals surface area contributed by atoms with Gasteiger partial charge >= 0.3 is 5.97 Å². The highest BCUT2D eigenvalue weighted by atomic mass is 16.7. The summed E-state index contributed by atoms with van der Waals surface area (Å²) in [6.07, 6.45) is 5.68. The molecule has 1 unspecified atom stereocenters. The van der Waals surface area contributed by atoms with Crippen LogP contribution in [0.3, 0.4) is 0 Å². The Morgan fingerprint density at radius 3 is 2.69 bits per heavy atom. The molecule has 1 atom stereocenters. The number of nitrogens with zero attached hydrogens (tertiary/aromatic N) is 2. The van der Waals surface area contributed by atoms with Crippen LogP contribution in [0.2, 0.25) is 0 Å². The number of nitriles is 1. The predicted octanol–water partition coefficient (Wildman–Crippen LogP) is 2.77. The van der Waals surface area contributed by atoms with Crippen molar-refractivity contribution in [1.29, 1.82) is 5.26 Å². The van der Waals surface area contributed by atoms with E-state index in [-0.39, 0.29) is 19.1 Å². The summed E-state index contributed by atoms with van der Waals surface area (Å²) in [7, 11) is 0. The van der Waals surface area contributed by atoms with Crippen molar-refractivity contribution >= 4 is 17.6 Å². The summed E-state index contributed by atoms with van der Waals surface area (Å²) in [4.78, 5) is 30.0. The van der Waals surface area contributed by atoms with E-state index in [1.807, 2.05) is 6.07 Å². The molecule has 1 amide bonds. The van der Waals surface area contributed by atoms with Crippen LogP contribution >= 0.6 is 0 Å². The number of carboxylic acids is 1. The molecule has 2 aliphatic rings. The number of carbonyl (C=O) groups excluding carboxylic acids is 1. The van der Waals surface area contributed by atoms with Crippen LogP contribution in [0.1, 0.15) is 56.9 Å². The standard InChI is InChI=1S/C21H25N3O5/c22-11-12-28-18-10-6-5-9-16(18)17-13-21(29-24-17,14-19(25)26)20(27)23-15-7-3-1-2-4-8-15/h5-6,9-10,15H,1-4,7-8,12-14H2,(H,23,27)(H,25,26). The maximum Gasteiger partial charge on any atom is 0.308 e. The Hall–Kier alpha value is -3.08. The molecule has 1 saturated carbocycles. The summed E-state index contributed by atoms with van der Waals surface area (Å²) < 4.78 is 5.43. The van der Waals surface area contributed by atoms with Gasteiger partial charge in [0.05, 0.1) is 12.1 Å². The number of ether oxygens (including phenoxy) is 1. The molecule has 1 aliphatic carbocycles. The SMILES string of the molecule is N#CCOc1ccccc1C1=NOC(CC(=O)O)(C(=O)NC2CCCCCC2)C1. The summed E-state index contributed by atoms with van der Waals surface area (Å²) in [6.45, 7) is -0.131. The molecular weight excluding hydrogens is 374 g/mol. The summed E-state index contributed by atoms with van der Waals surface area (Å²) in [5, 5.41) is 25.2. The van der Waals surface area contributed by atoms with Gasteiger partial charge in [-0.05, 0) is 25.0 Å². The first-order chi connectivity index (χ1) is 14.0. The van der Waals surface area contributed by atoms with Crippen LogP contribution in [0.15, 0.2) is 29.4 Å². The molecule has 0 bridgehead atoms. The quantitative estimate of drug-likeness (QED) is 0.680. The van der Waals surface area contributed by atoms with Crippen molar-refractivity contribution in [1.82, 2.24) is 5.32 Å². The molecule has 1 fully saturated rings. The predicted molar refractivity (Wildman–Crippen MR) is 104 cm³/mol. The second-order valence-electron chi connectivity index (χ2n) is 7.48. The first-order valence-corrected chi connectivity index (χ1v) is 9.91. The molecule has 29 heavy (non-hydrogen) atoms. The van der Waals surface area contributed by atoms with Gasteiger partial charge < -0.3 is 20.0 Å². The first-order valence-electron chi connectivity index (χ1n) is 9.91. The number of nitrogens with one attached hydrogen (secondary N) is 1. The smallest absolute Gasteiger partial charge is 0.308 e. The number of carbonyl (C=O) groups is 2. The Balaban J connectivity index is 1.78. The van der Waals surface area contributed by atoms with Gasteiger partial charge in [0.25, 0.3) is 5.91 Å². The Bertz CT molecular complexity index is 824. The maximum atomic E-state index is 13.1. The fourth-order valence-electron chi connectivity index (χ4n) is 3.84. The van der Waals surface area contributed by atoms with Crippen LogP contribution in [0.4, 0.5) is 0 Å². The van der Waals surface area contributed by atoms with E-state index in [1.165, 1.54) is 0 Å². The van der Waals surface area contributed by atoms with Crippen LogP contribution in [0.25, 0.3) is 0 Å². The number of hydrogen-bond acceptors (Lipinski definition) is 6. The van der Waals surface area contributed by atoms with E-state index < -0.39 is 23.9 Å². The van der Waals surface area contributed by atoms with Gasteiger partial charge in [-0.25, -0.2) is 0 Å². The number of amides is 1. The van der Waals surface area contributed by atoms with Gasteiger partial charge in [-0.2, -0.15) is 5.26 Å². The lowest BCUT2D eigenvalue weighted by Crippen LogP contribution is -2.51. The largest absolute Gasteiger partial charge is 0.481 e. The van der Waals surface area contributed by atoms with E-state index in [9.17, 15) is 14.7 Å². The lowest BCUT2D eigenvalue weighted by molar-refractivity contribution is -0.156. The fraction of sp³-hybridized carbons (Fsp3) is 0.524. The van der Waals surface area contributed by atoms with Crippen LogP contribution in [-0.2, 0) is 14.4 Å². The van der Waals surface area contributed by atoms with Crippen molar-refractivity contribution in [3.05, 3.63) is 29.8 Å². The molecule has 0 spiro atoms. The Kier molecular flexibility index (Phi) is 6.70. The average Bonchev–Trinajstić information content (AvgIpc) is 2.96. The molecule has 1 aromatic rings. The number of para-hydroxylation sites is 1. The van der Waals surface area contributed by atoms with Crippen LogP contribution in [0.5, 0.6) is 5.75 Å². The van der Waals surface area contributed by atoms with Crippen molar-refractivity contribution in [3.63, 3.8) is 0 Å². The summed E-state index contributed by atoms with van der Waals surface area (Å²) in [6, 6.07) is 8.91. The second-order valence-corrected chi connectivity index (χ2v) is 7.48. The zero-order chi connectivity index (χ0) is 20.7. The second kappa shape index (κ2) is 9.41. The molecule has 1 aliphatic heterocycles. The van der Waals surface area contributed by atoms with Gasteiger partial charge in [-0.1, -0.05) is 43.0 Å². The summed E-state index contributed by atoms with van der Waals surface area (Å²) in [5.41, 5.74) is -0.580. The molecule has 8 nitrogen and oxygen atoms in total. The summed E-state index contributed by atoms with van der Waals surface area (Å²) in [5.74, 6) is -1.14. The van der Waals surface area contributed by atoms with Gasteiger partial charge in [0.1, 0.15) is 11.8 Å². The van der Waals surface area contributed by atoms with E-state index >= 15 is 0 Å². The Morgan fingerprint density at radius 1 is 1.28 bits per heavy atom. The van der Waals surface area contributed by atoms with Crippen molar-refractivity contribution in [2.75, 3.05) is 6.61 Å². The lowest BCUT2D eigenvalue weighted by atomic mass is 9.89. The van der Waals surface area contributed by atoms with Crippen LogP contribution in [0, 0.1) is 11.3 Å². The Labute approximate surface area is 169 Å². The highest BCUT2D eigenvalue weighted by Gasteiger charge is 2.49.